The fourth-order valence-electron chi connectivity index (χ4n) is 1.72. The number of para-hydroxylation sites is 1. The van der Waals surface area contributed by atoms with Gasteiger partial charge in [0.15, 0.2) is 0 Å². The molecule has 0 fully saturated rings. The van der Waals surface area contributed by atoms with Gasteiger partial charge in [-0.1, -0.05) is 23.7 Å². The monoisotopic (exact) mass is 306 g/mol. The minimum absolute atomic E-state index is 0.219. The highest BCUT2D eigenvalue weighted by Gasteiger charge is 2.10. The van der Waals surface area contributed by atoms with Crippen LogP contribution in [0, 0.1) is 0 Å². The van der Waals surface area contributed by atoms with Crippen molar-refractivity contribution in [3.05, 3.63) is 53.2 Å². The number of pyridine rings is 1. The third-order valence-corrected chi connectivity index (χ3v) is 2.99. The highest BCUT2D eigenvalue weighted by Crippen LogP contribution is 2.19. The number of ether oxygens (including phenoxy) is 2. The van der Waals surface area contributed by atoms with Crippen LogP contribution < -0.4 is 14.8 Å². The summed E-state index contributed by atoms with van der Waals surface area (Å²) in [5.41, 5.74) is 0.482. The number of aromatic nitrogens is 1. The summed E-state index contributed by atoms with van der Waals surface area (Å²) >= 11 is 5.91. The van der Waals surface area contributed by atoms with E-state index in [1.807, 2.05) is 6.07 Å². The van der Waals surface area contributed by atoms with E-state index in [1.165, 1.54) is 7.11 Å². The first-order valence-corrected chi connectivity index (χ1v) is 6.74. The number of rotatable bonds is 6. The largest absolute Gasteiger partial charge is 0.496 e. The summed E-state index contributed by atoms with van der Waals surface area (Å²) in [6.45, 7) is 0.613. The van der Waals surface area contributed by atoms with Crippen LogP contribution >= 0.6 is 11.6 Å². The van der Waals surface area contributed by atoms with Gasteiger partial charge in [-0.3, -0.25) is 4.79 Å². The predicted octanol–water partition coefficient (Wildman–Crippen LogP) is 2.55. The van der Waals surface area contributed by atoms with Crippen LogP contribution in [0.3, 0.4) is 0 Å². The van der Waals surface area contributed by atoms with E-state index in [-0.39, 0.29) is 12.5 Å². The van der Waals surface area contributed by atoms with Crippen LogP contribution in [0.15, 0.2) is 42.6 Å². The average molecular weight is 307 g/mol. The van der Waals surface area contributed by atoms with Crippen molar-refractivity contribution in [3.63, 3.8) is 0 Å². The molecule has 0 radical (unpaired) electrons. The Morgan fingerprint density at radius 2 is 2.10 bits per heavy atom. The van der Waals surface area contributed by atoms with E-state index >= 15 is 0 Å². The van der Waals surface area contributed by atoms with Crippen molar-refractivity contribution in [2.45, 2.75) is 0 Å². The maximum absolute atomic E-state index is 12.0. The van der Waals surface area contributed by atoms with Gasteiger partial charge >= 0.3 is 0 Å². The molecule has 0 aliphatic carbocycles. The van der Waals surface area contributed by atoms with Crippen molar-refractivity contribution < 1.29 is 14.3 Å². The summed E-state index contributed by atoms with van der Waals surface area (Å²) in [7, 11) is 1.53. The van der Waals surface area contributed by atoms with E-state index in [4.69, 9.17) is 21.1 Å². The second kappa shape index (κ2) is 7.50. The molecular formula is C15H15ClN2O3. The first kappa shape index (κ1) is 15.1. The van der Waals surface area contributed by atoms with Crippen LogP contribution in [0.4, 0.5) is 0 Å². The number of hydrogen-bond acceptors (Lipinski definition) is 4. The van der Waals surface area contributed by atoms with Gasteiger partial charge in [0.05, 0.1) is 19.2 Å². The Hall–Kier alpha value is -2.27. The number of hydrogen-bond donors (Lipinski definition) is 1. The Kier molecular flexibility index (Phi) is 5.40. The van der Waals surface area contributed by atoms with Crippen molar-refractivity contribution in [2.75, 3.05) is 20.3 Å². The third kappa shape index (κ3) is 4.10. The van der Waals surface area contributed by atoms with Crippen LogP contribution in [-0.2, 0) is 0 Å². The molecular weight excluding hydrogens is 292 g/mol. The van der Waals surface area contributed by atoms with Crippen LogP contribution in [0.2, 0.25) is 5.02 Å². The first-order chi connectivity index (χ1) is 10.2. The van der Waals surface area contributed by atoms with Crippen molar-refractivity contribution in [2.24, 2.45) is 0 Å². The van der Waals surface area contributed by atoms with Gasteiger partial charge in [0.25, 0.3) is 5.91 Å². The molecule has 0 bridgehead atoms. The van der Waals surface area contributed by atoms with E-state index in [0.29, 0.717) is 28.8 Å². The molecule has 2 aromatic rings. The van der Waals surface area contributed by atoms with Gasteiger partial charge < -0.3 is 14.8 Å². The van der Waals surface area contributed by atoms with Gasteiger partial charge in [-0.2, -0.15) is 0 Å². The number of amides is 1. The highest BCUT2D eigenvalue weighted by molar-refractivity contribution is 6.31. The van der Waals surface area contributed by atoms with Gasteiger partial charge in [0.1, 0.15) is 17.4 Å². The van der Waals surface area contributed by atoms with Gasteiger partial charge in [0.2, 0.25) is 5.88 Å². The lowest BCUT2D eigenvalue weighted by Crippen LogP contribution is -2.28. The molecule has 0 saturated heterocycles. The molecule has 1 amide bonds. The zero-order valence-corrected chi connectivity index (χ0v) is 12.3. The topological polar surface area (TPSA) is 60.5 Å². The van der Waals surface area contributed by atoms with Crippen LogP contribution in [0.1, 0.15) is 10.4 Å². The standard InChI is InChI=1S/C15H15ClN2O3/c1-20-13-7-3-2-5-11(13)14(19)17-9-10-21-15-12(16)6-4-8-18-15/h2-8H,9-10H2,1H3,(H,17,19). The fraction of sp³-hybridized carbons (Fsp3) is 0.200. The number of carbonyl (C=O) groups is 1. The van der Waals surface area contributed by atoms with Crippen LogP contribution in [-0.4, -0.2) is 31.2 Å². The van der Waals surface area contributed by atoms with Gasteiger partial charge in [-0.05, 0) is 24.3 Å². The van der Waals surface area contributed by atoms with E-state index in [0.717, 1.165) is 0 Å². The second-order valence-corrected chi connectivity index (χ2v) is 4.50. The Balaban J connectivity index is 1.83. The molecule has 2 rings (SSSR count). The van der Waals surface area contributed by atoms with E-state index < -0.39 is 0 Å². The minimum atomic E-state index is -0.219. The number of nitrogens with one attached hydrogen (secondary N) is 1. The number of halogens is 1. The molecule has 1 heterocycles. The third-order valence-electron chi connectivity index (χ3n) is 2.70. The summed E-state index contributed by atoms with van der Waals surface area (Å²) in [5, 5.41) is 3.19. The van der Waals surface area contributed by atoms with E-state index in [1.54, 1.807) is 36.5 Å². The van der Waals surface area contributed by atoms with E-state index in [9.17, 15) is 4.79 Å². The fourth-order valence-corrected chi connectivity index (χ4v) is 1.89. The Bertz CT molecular complexity index is 619. The molecule has 1 aromatic carbocycles. The van der Waals surface area contributed by atoms with Crippen molar-refractivity contribution in [1.29, 1.82) is 0 Å². The molecule has 110 valence electrons. The van der Waals surface area contributed by atoms with Gasteiger partial charge in [-0.25, -0.2) is 4.98 Å². The smallest absolute Gasteiger partial charge is 0.255 e. The first-order valence-electron chi connectivity index (χ1n) is 6.37. The molecule has 21 heavy (non-hydrogen) atoms. The lowest BCUT2D eigenvalue weighted by Gasteiger charge is -2.10. The number of carbonyl (C=O) groups excluding carboxylic acids is 1. The molecule has 1 N–H and O–H groups in total. The maximum Gasteiger partial charge on any atom is 0.255 e. The van der Waals surface area contributed by atoms with Gasteiger partial charge in [-0.15, -0.1) is 0 Å². The summed E-state index contributed by atoms with van der Waals surface area (Å²) in [4.78, 5) is 16.0. The molecule has 0 spiro atoms. The Morgan fingerprint density at radius 1 is 1.29 bits per heavy atom. The molecule has 5 nitrogen and oxygen atoms in total. The quantitative estimate of drug-likeness (QED) is 0.833. The van der Waals surface area contributed by atoms with E-state index in [2.05, 4.69) is 10.3 Å². The van der Waals surface area contributed by atoms with Crippen LogP contribution in [0.25, 0.3) is 0 Å². The van der Waals surface area contributed by atoms with Crippen molar-refractivity contribution >= 4 is 17.5 Å². The minimum Gasteiger partial charge on any atom is -0.496 e. The molecule has 0 atom stereocenters. The molecule has 0 aliphatic rings. The predicted molar refractivity (Wildman–Crippen MR) is 80.1 cm³/mol. The van der Waals surface area contributed by atoms with Crippen molar-refractivity contribution in [1.82, 2.24) is 10.3 Å². The lowest BCUT2D eigenvalue weighted by atomic mass is 10.2. The molecule has 6 heteroatoms. The highest BCUT2D eigenvalue weighted by atomic mass is 35.5. The second-order valence-electron chi connectivity index (χ2n) is 4.10. The Labute approximate surface area is 127 Å². The molecule has 0 unspecified atom stereocenters. The van der Waals surface area contributed by atoms with Crippen molar-refractivity contribution in [3.8, 4) is 11.6 Å². The number of nitrogens with zero attached hydrogens (tertiary/aromatic N) is 1. The normalized spacial score (nSPS) is 10.0. The summed E-state index contributed by atoms with van der Waals surface area (Å²) in [6.07, 6.45) is 1.59. The summed E-state index contributed by atoms with van der Waals surface area (Å²) in [6, 6.07) is 10.4. The van der Waals surface area contributed by atoms with Gasteiger partial charge in [0, 0.05) is 6.20 Å². The number of benzene rings is 1. The summed E-state index contributed by atoms with van der Waals surface area (Å²) in [5.74, 6) is 0.664. The molecule has 1 aromatic heterocycles. The Morgan fingerprint density at radius 3 is 2.86 bits per heavy atom. The maximum atomic E-state index is 12.0. The number of methoxy groups -OCH3 is 1. The zero-order chi connectivity index (χ0) is 15.1. The van der Waals surface area contributed by atoms with Crippen LogP contribution in [0.5, 0.6) is 11.6 Å². The summed E-state index contributed by atoms with van der Waals surface area (Å²) < 4.78 is 10.5. The molecule has 0 aliphatic heterocycles. The molecule has 0 saturated carbocycles. The SMILES string of the molecule is COc1ccccc1C(=O)NCCOc1ncccc1Cl. The average Bonchev–Trinajstić information content (AvgIpc) is 2.52. The lowest BCUT2D eigenvalue weighted by molar-refractivity contribution is 0.0943. The zero-order valence-electron chi connectivity index (χ0n) is 11.5.